The van der Waals surface area contributed by atoms with E-state index in [0.717, 1.165) is 52.8 Å². The Hall–Kier alpha value is -2.45. The summed E-state index contributed by atoms with van der Waals surface area (Å²) in [5, 5.41) is 27.1. The first-order chi connectivity index (χ1) is 20.6. The molecule has 0 aliphatic heterocycles. The molecule has 1 heterocycles. The highest BCUT2D eigenvalue weighted by atomic mass is 32.2. The summed E-state index contributed by atoms with van der Waals surface area (Å²) in [5.74, 6) is 2.73. The third-order valence-electron chi connectivity index (χ3n) is 7.72. The molecule has 1 aromatic heterocycles. The van der Waals surface area contributed by atoms with E-state index in [4.69, 9.17) is 15.0 Å². The summed E-state index contributed by atoms with van der Waals surface area (Å²) in [5.41, 5.74) is 5.34. The van der Waals surface area contributed by atoms with Gasteiger partial charge in [-0.05, 0) is 61.5 Å². The number of thioether (sulfide) groups is 2. The average Bonchev–Trinajstić information content (AvgIpc) is 2.89. The maximum absolute atomic E-state index is 11.2. The number of nitrogens with zero attached hydrogens (tertiary/aromatic N) is 3. The van der Waals surface area contributed by atoms with Crippen LogP contribution >= 0.6 is 23.5 Å². The molecule has 2 aromatic carbocycles. The monoisotopic (exact) mass is 652 g/mol. The molecule has 248 valence electrons. The number of unbranched alkanes of at least 4 members (excludes halogenated alkanes) is 1. The van der Waals surface area contributed by atoms with Crippen molar-refractivity contribution < 1.29 is 10.2 Å². The van der Waals surface area contributed by atoms with E-state index < -0.39 is 0 Å². The molecule has 0 radical (unpaired) electrons. The Morgan fingerprint density at radius 3 is 1.20 bits per heavy atom. The minimum Gasteiger partial charge on any atom is -0.507 e. The van der Waals surface area contributed by atoms with Gasteiger partial charge in [0.1, 0.15) is 11.5 Å². The molecule has 0 atom stereocenters. The van der Waals surface area contributed by atoms with Crippen LogP contribution in [0.1, 0.15) is 136 Å². The van der Waals surface area contributed by atoms with Gasteiger partial charge in [0.15, 0.2) is 10.3 Å². The summed E-state index contributed by atoms with van der Waals surface area (Å²) < 4.78 is 0. The number of aromatic nitrogens is 3. The topological polar surface area (TPSA) is 91.2 Å². The van der Waals surface area contributed by atoms with Crippen LogP contribution in [0.15, 0.2) is 34.6 Å². The third kappa shape index (κ3) is 10.0. The van der Waals surface area contributed by atoms with E-state index in [1.165, 1.54) is 0 Å². The van der Waals surface area contributed by atoms with Crippen molar-refractivity contribution in [1.29, 1.82) is 0 Å². The van der Waals surface area contributed by atoms with Crippen LogP contribution in [0.2, 0.25) is 0 Å². The predicted molar refractivity (Wildman–Crippen MR) is 193 cm³/mol. The second-order valence-electron chi connectivity index (χ2n) is 16.2. The normalized spacial score (nSPS) is 12.9. The van der Waals surface area contributed by atoms with Gasteiger partial charge in [-0.2, -0.15) is 15.0 Å². The van der Waals surface area contributed by atoms with Crippen LogP contribution in [0.5, 0.6) is 11.5 Å². The molecule has 0 bridgehead atoms. The largest absolute Gasteiger partial charge is 0.507 e. The van der Waals surface area contributed by atoms with Crippen LogP contribution in [-0.4, -0.2) is 31.7 Å². The molecule has 6 nitrogen and oxygen atoms in total. The van der Waals surface area contributed by atoms with E-state index in [1.807, 2.05) is 0 Å². The Kier molecular flexibility index (Phi) is 11.6. The lowest BCUT2D eigenvalue weighted by molar-refractivity contribution is 0.422. The number of aromatic hydroxyl groups is 2. The van der Waals surface area contributed by atoms with Gasteiger partial charge in [0.25, 0.3) is 0 Å². The number of anilines is 1. The Bertz CT molecular complexity index is 1300. The summed E-state index contributed by atoms with van der Waals surface area (Å²) in [6.07, 6.45) is 2.12. The lowest BCUT2D eigenvalue weighted by Gasteiger charge is -2.28. The van der Waals surface area contributed by atoms with Crippen molar-refractivity contribution in [3.63, 3.8) is 0 Å². The number of benzene rings is 2. The van der Waals surface area contributed by atoms with Crippen molar-refractivity contribution in [1.82, 2.24) is 15.0 Å². The predicted octanol–water partition coefficient (Wildman–Crippen LogP) is 10.3. The fourth-order valence-corrected chi connectivity index (χ4v) is 6.65. The first kappa shape index (κ1) is 37.0. The van der Waals surface area contributed by atoms with Crippen molar-refractivity contribution in [2.75, 3.05) is 11.9 Å². The van der Waals surface area contributed by atoms with Crippen molar-refractivity contribution in [3.8, 4) is 11.5 Å². The maximum Gasteiger partial charge on any atom is 0.227 e. The SMILES string of the molecule is CCCCNc1nc(SCc2cc(C(C)(C)C)c(O)c(C(C)(C)C)c2)nc(SCc2cc(C(C)(C)C)c(O)c(C(C)(C)C)c2)n1. The van der Waals surface area contributed by atoms with Gasteiger partial charge in [-0.25, -0.2) is 0 Å². The first-order valence-corrected chi connectivity index (χ1v) is 18.1. The standard InChI is InChI=1S/C37H56N4O2S2/c1-14-15-16-38-31-39-32(44-21-23-17-25(34(2,3)4)29(42)26(18-23)35(5,6)7)41-33(40-31)45-22-24-19-27(36(8,9)10)30(43)28(20-24)37(11,12)13/h17-20,42-43H,14-16,21-22H2,1-13H3,(H,38,39,40,41). The summed E-state index contributed by atoms with van der Waals surface area (Å²) in [6.45, 7) is 28.6. The summed E-state index contributed by atoms with van der Waals surface area (Å²) >= 11 is 3.18. The smallest absolute Gasteiger partial charge is 0.227 e. The summed E-state index contributed by atoms with van der Waals surface area (Å²) in [4.78, 5) is 14.4. The second-order valence-corrected chi connectivity index (χ2v) is 18.0. The average molecular weight is 653 g/mol. The Labute approximate surface area is 281 Å². The van der Waals surface area contributed by atoms with Gasteiger partial charge in [-0.15, -0.1) is 0 Å². The van der Waals surface area contributed by atoms with Crippen molar-refractivity contribution in [2.45, 2.75) is 146 Å². The van der Waals surface area contributed by atoms with Gasteiger partial charge in [0, 0.05) is 18.1 Å². The van der Waals surface area contributed by atoms with Gasteiger partial charge in [-0.1, -0.05) is 144 Å². The highest BCUT2D eigenvalue weighted by Crippen LogP contribution is 2.42. The van der Waals surface area contributed by atoms with Gasteiger partial charge in [-0.3, -0.25) is 0 Å². The van der Waals surface area contributed by atoms with E-state index in [-0.39, 0.29) is 21.7 Å². The summed E-state index contributed by atoms with van der Waals surface area (Å²) in [6, 6.07) is 8.50. The molecular weight excluding hydrogens is 597 g/mol. The number of phenolic OH excluding ortho intramolecular Hbond substituents is 2. The number of hydrogen-bond donors (Lipinski definition) is 3. The van der Waals surface area contributed by atoms with Crippen LogP contribution in [-0.2, 0) is 33.2 Å². The minimum absolute atomic E-state index is 0.188. The quantitative estimate of drug-likeness (QED) is 0.147. The molecule has 0 aliphatic carbocycles. The summed E-state index contributed by atoms with van der Waals surface area (Å²) in [7, 11) is 0. The van der Waals surface area contributed by atoms with Crippen LogP contribution in [0.25, 0.3) is 0 Å². The molecular formula is C37H56N4O2S2. The fourth-order valence-electron chi connectivity index (χ4n) is 5.06. The number of hydrogen-bond acceptors (Lipinski definition) is 8. The highest BCUT2D eigenvalue weighted by Gasteiger charge is 2.28. The number of rotatable bonds is 10. The zero-order valence-corrected chi connectivity index (χ0v) is 31.5. The Morgan fingerprint density at radius 1 is 0.578 bits per heavy atom. The third-order valence-corrected chi connectivity index (χ3v) is 9.55. The lowest BCUT2D eigenvalue weighted by Crippen LogP contribution is -2.17. The molecule has 0 unspecified atom stereocenters. The molecule has 0 saturated carbocycles. The van der Waals surface area contributed by atoms with Crippen molar-refractivity contribution in [2.24, 2.45) is 0 Å². The van der Waals surface area contributed by atoms with E-state index in [0.29, 0.717) is 39.3 Å². The molecule has 8 heteroatoms. The van der Waals surface area contributed by atoms with E-state index in [1.54, 1.807) is 23.5 Å². The molecule has 0 spiro atoms. The maximum atomic E-state index is 11.2. The molecule has 0 amide bonds. The number of phenols is 2. The van der Waals surface area contributed by atoms with Gasteiger partial charge >= 0.3 is 0 Å². The van der Waals surface area contributed by atoms with Gasteiger partial charge in [0.2, 0.25) is 5.95 Å². The first-order valence-electron chi connectivity index (χ1n) is 16.1. The zero-order valence-electron chi connectivity index (χ0n) is 29.9. The fraction of sp³-hybridized carbons (Fsp3) is 0.595. The van der Waals surface area contributed by atoms with Crippen LogP contribution in [0.3, 0.4) is 0 Å². The zero-order chi connectivity index (χ0) is 34.0. The van der Waals surface area contributed by atoms with E-state index >= 15 is 0 Å². The molecule has 3 aromatic rings. The molecule has 45 heavy (non-hydrogen) atoms. The van der Waals surface area contributed by atoms with Crippen LogP contribution < -0.4 is 5.32 Å². The Morgan fingerprint density at radius 2 is 0.911 bits per heavy atom. The molecule has 0 aliphatic rings. The van der Waals surface area contributed by atoms with E-state index in [9.17, 15) is 10.2 Å². The molecule has 0 saturated heterocycles. The van der Waals surface area contributed by atoms with Crippen molar-refractivity contribution in [3.05, 3.63) is 57.6 Å². The van der Waals surface area contributed by atoms with E-state index in [2.05, 4.69) is 120 Å². The molecule has 3 N–H and O–H groups in total. The molecule has 0 fully saturated rings. The van der Waals surface area contributed by atoms with Gasteiger partial charge in [0.05, 0.1) is 0 Å². The second kappa shape index (κ2) is 14.1. The lowest BCUT2D eigenvalue weighted by atomic mass is 9.78. The van der Waals surface area contributed by atoms with Gasteiger partial charge < -0.3 is 15.5 Å². The Balaban J connectivity index is 1.95. The number of nitrogens with one attached hydrogen (secondary N) is 1. The minimum atomic E-state index is -0.188. The van der Waals surface area contributed by atoms with Crippen molar-refractivity contribution >= 4 is 29.5 Å². The molecule has 3 rings (SSSR count). The van der Waals surface area contributed by atoms with Crippen LogP contribution in [0, 0.1) is 0 Å². The highest BCUT2D eigenvalue weighted by molar-refractivity contribution is 7.99. The van der Waals surface area contributed by atoms with Crippen LogP contribution in [0.4, 0.5) is 5.95 Å².